The number of carbonyl (C=O) groups excluding carboxylic acids is 2. The zero-order valence-electron chi connectivity index (χ0n) is 18.3. The van der Waals surface area contributed by atoms with Crippen molar-refractivity contribution >= 4 is 18.0 Å². The Morgan fingerprint density at radius 2 is 1.70 bits per heavy atom. The molecule has 0 aliphatic carbocycles. The van der Waals surface area contributed by atoms with Gasteiger partial charge in [-0.15, -0.1) is 0 Å². The van der Waals surface area contributed by atoms with Gasteiger partial charge in [-0.05, 0) is 47.0 Å². The first-order chi connectivity index (χ1) is 12.5. The van der Waals surface area contributed by atoms with E-state index in [1.54, 1.807) is 0 Å². The van der Waals surface area contributed by atoms with Crippen molar-refractivity contribution in [2.24, 2.45) is 10.9 Å². The SMILES string of the molecule is CCNC(=O)CN=C(NCC)N(C)CCC(NC(=O)OC(C)(C)C)C(C)C. The normalized spacial score (nSPS) is 13.1. The smallest absolute Gasteiger partial charge is 0.407 e. The Bertz CT molecular complexity index is 486. The van der Waals surface area contributed by atoms with Gasteiger partial charge in [-0.3, -0.25) is 4.79 Å². The van der Waals surface area contributed by atoms with Crippen molar-refractivity contribution < 1.29 is 14.3 Å². The van der Waals surface area contributed by atoms with Crippen LogP contribution < -0.4 is 16.0 Å². The van der Waals surface area contributed by atoms with Crippen molar-refractivity contribution in [3.8, 4) is 0 Å². The number of likely N-dealkylation sites (N-methyl/N-ethyl adjacent to an activating group) is 1. The van der Waals surface area contributed by atoms with Crippen LogP contribution in [0, 0.1) is 5.92 Å². The second-order valence-corrected chi connectivity index (χ2v) is 7.83. The third-order valence-electron chi connectivity index (χ3n) is 3.73. The van der Waals surface area contributed by atoms with Crippen LogP contribution in [0.1, 0.15) is 54.9 Å². The largest absolute Gasteiger partial charge is 0.444 e. The fraction of sp³-hybridized carbons (Fsp3) is 0.842. The van der Waals surface area contributed by atoms with Crippen molar-refractivity contribution in [3.05, 3.63) is 0 Å². The van der Waals surface area contributed by atoms with Crippen LogP contribution >= 0.6 is 0 Å². The molecule has 0 aromatic carbocycles. The fourth-order valence-corrected chi connectivity index (χ4v) is 2.34. The van der Waals surface area contributed by atoms with E-state index in [0.29, 0.717) is 25.6 Å². The predicted molar refractivity (Wildman–Crippen MR) is 110 cm³/mol. The van der Waals surface area contributed by atoms with Crippen molar-refractivity contribution in [2.45, 2.75) is 66.5 Å². The van der Waals surface area contributed by atoms with E-state index in [1.165, 1.54) is 0 Å². The zero-order chi connectivity index (χ0) is 21.0. The first-order valence-corrected chi connectivity index (χ1v) is 9.75. The molecule has 0 aromatic rings. The number of nitrogens with one attached hydrogen (secondary N) is 3. The van der Waals surface area contributed by atoms with E-state index in [-0.39, 0.29) is 24.4 Å². The maximum absolute atomic E-state index is 12.1. The number of alkyl carbamates (subject to hydrolysis) is 1. The highest BCUT2D eigenvalue weighted by Crippen LogP contribution is 2.11. The number of amides is 2. The number of carbonyl (C=O) groups is 2. The highest BCUT2D eigenvalue weighted by molar-refractivity contribution is 5.84. The summed E-state index contributed by atoms with van der Waals surface area (Å²) in [6.45, 7) is 15.6. The van der Waals surface area contributed by atoms with Crippen molar-refractivity contribution in [3.63, 3.8) is 0 Å². The van der Waals surface area contributed by atoms with E-state index in [1.807, 2.05) is 46.6 Å². The van der Waals surface area contributed by atoms with E-state index in [2.05, 4.69) is 34.8 Å². The van der Waals surface area contributed by atoms with Crippen LogP contribution in [0.25, 0.3) is 0 Å². The molecule has 0 aliphatic heterocycles. The molecular weight excluding hydrogens is 346 g/mol. The minimum Gasteiger partial charge on any atom is -0.444 e. The molecule has 0 spiro atoms. The molecule has 27 heavy (non-hydrogen) atoms. The Morgan fingerprint density at radius 3 is 2.19 bits per heavy atom. The zero-order valence-corrected chi connectivity index (χ0v) is 18.3. The van der Waals surface area contributed by atoms with Gasteiger partial charge in [0.15, 0.2) is 5.96 Å². The third-order valence-corrected chi connectivity index (χ3v) is 3.73. The number of aliphatic imine (C=N–C) groups is 1. The molecule has 0 aromatic heterocycles. The molecule has 0 aliphatic rings. The van der Waals surface area contributed by atoms with Gasteiger partial charge in [0.05, 0.1) is 0 Å². The number of rotatable bonds is 9. The average Bonchev–Trinajstić information content (AvgIpc) is 2.53. The van der Waals surface area contributed by atoms with Gasteiger partial charge in [-0.25, -0.2) is 9.79 Å². The second kappa shape index (κ2) is 12.4. The molecule has 3 N–H and O–H groups in total. The van der Waals surface area contributed by atoms with Crippen molar-refractivity contribution in [1.29, 1.82) is 0 Å². The van der Waals surface area contributed by atoms with Gasteiger partial charge < -0.3 is 25.6 Å². The standard InChI is InChI=1S/C19H39N5O3/c1-9-20-16(25)13-22-17(21-10-2)24(8)12-11-15(14(3)4)23-18(26)27-19(5,6)7/h14-15H,9-13H2,1-8H3,(H,20,25)(H,21,22)(H,23,26). The Balaban J connectivity index is 4.79. The molecule has 8 heteroatoms. The summed E-state index contributed by atoms with van der Waals surface area (Å²) < 4.78 is 5.35. The molecule has 1 unspecified atom stereocenters. The van der Waals surface area contributed by atoms with Gasteiger partial charge >= 0.3 is 6.09 Å². The number of hydrogen-bond donors (Lipinski definition) is 3. The summed E-state index contributed by atoms with van der Waals surface area (Å²) in [5.41, 5.74) is -0.521. The van der Waals surface area contributed by atoms with E-state index >= 15 is 0 Å². The van der Waals surface area contributed by atoms with E-state index in [9.17, 15) is 9.59 Å². The summed E-state index contributed by atoms with van der Waals surface area (Å²) in [6.07, 6.45) is 0.333. The fourth-order valence-electron chi connectivity index (χ4n) is 2.34. The first-order valence-electron chi connectivity index (χ1n) is 9.75. The van der Waals surface area contributed by atoms with Crippen LogP contribution in [0.5, 0.6) is 0 Å². The van der Waals surface area contributed by atoms with Crippen LogP contribution in [-0.2, 0) is 9.53 Å². The third kappa shape index (κ3) is 12.1. The number of guanidine groups is 1. The lowest BCUT2D eigenvalue weighted by Gasteiger charge is -2.28. The van der Waals surface area contributed by atoms with Gasteiger partial charge in [0.2, 0.25) is 5.91 Å². The maximum atomic E-state index is 12.1. The molecular formula is C19H39N5O3. The van der Waals surface area contributed by atoms with Gasteiger partial charge in [-0.1, -0.05) is 13.8 Å². The van der Waals surface area contributed by atoms with Crippen LogP contribution in [0.2, 0.25) is 0 Å². The van der Waals surface area contributed by atoms with E-state index in [4.69, 9.17) is 4.74 Å². The topological polar surface area (TPSA) is 95.1 Å². The Labute approximate surface area is 164 Å². The molecule has 0 fully saturated rings. The molecule has 0 saturated heterocycles. The summed E-state index contributed by atoms with van der Waals surface area (Å²) in [7, 11) is 1.92. The predicted octanol–water partition coefficient (Wildman–Crippen LogP) is 1.96. The van der Waals surface area contributed by atoms with Crippen LogP contribution in [0.4, 0.5) is 4.79 Å². The van der Waals surface area contributed by atoms with E-state index < -0.39 is 11.7 Å². The molecule has 1 atom stereocenters. The van der Waals surface area contributed by atoms with Gasteiger partial charge in [-0.2, -0.15) is 0 Å². The molecule has 0 rings (SSSR count). The Morgan fingerprint density at radius 1 is 1.11 bits per heavy atom. The molecule has 0 saturated carbocycles. The maximum Gasteiger partial charge on any atom is 0.407 e. The highest BCUT2D eigenvalue weighted by atomic mass is 16.6. The quantitative estimate of drug-likeness (QED) is 0.417. The van der Waals surface area contributed by atoms with Crippen LogP contribution in [-0.4, -0.2) is 67.7 Å². The molecule has 158 valence electrons. The molecule has 0 heterocycles. The van der Waals surface area contributed by atoms with Gasteiger partial charge in [0.1, 0.15) is 12.1 Å². The monoisotopic (exact) mass is 385 g/mol. The number of nitrogens with zero attached hydrogens (tertiary/aromatic N) is 2. The molecule has 2 amide bonds. The lowest BCUT2D eigenvalue weighted by Crippen LogP contribution is -2.45. The molecule has 8 nitrogen and oxygen atoms in total. The van der Waals surface area contributed by atoms with E-state index in [0.717, 1.165) is 6.42 Å². The Kier molecular flexibility index (Phi) is 11.5. The van der Waals surface area contributed by atoms with Crippen molar-refractivity contribution in [2.75, 3.05) is 33.2 Å². The number of hydrogen-bond acceptors (Lipinski definition) is 4. The lowest BCUT2D eigenvalue weighted by molar-refractivity contribution is -0.119. The van der Waals surface area contributed by atoms with Crippen LogP contribution in [0.15, 0.2) is 4.99 Å². The van der Waals surface area contributed by atoms with Gasteiger partial charge in [0, 0.05) is 32.7 Å². The van der Waals surface area contributed by atoms with Gasteiger partial charge in [0.25, 0.3) is 0 Å². The number of ether oxygens (including phenoxy) is 1. The summed E-state index contributed by atoms with van der Waals surface area (Å²) in [5.74, 6) is 0.831. The summed E-state index contributed by atoms with van der Waals surface area (Å²) in [6, 6.07) is -0.0198. The highest BCUT2D eigenvalue weighted by Gasteiger charge is 2.22. The molecule has 0 radical (unpaired) electrons. The average molecular weight is 386 g/mol. The summed E-state index contributed by atoms with van der Waals surface area (Å²) in [5, 5.41) is 8.88. The minimum atomic E-state index is -0.521. The summed E-state index contributed by atoms with van der Waals surface area (Å²) >= 11 is 0. The minimum absolute atomic E-state index is 0.0198. The molecule has 0 bridgehead atoms. The first kappa shape index (κ1) is 25.0. The van der Waals surface area contributed by atoms with Crippen molar-refractivity contribution in [1.82, 2.24) is 20.9 Å². The second-order valence-electron chi connectivity index (χ2n) is 7.83. The lowest BCUT2D eigenvalue weighted by atomic mass is 10.0. The van der Waals surface area contributed by atoms with Crippen LogP contribution in [0.3, 0.4) is 0 Å². The Hall–Kier alpha value is -1.99. The summed E-state index contributed by atoms with van der Waals surface area (Å²) in [4.78, 5) is 30.0.